The molecule has 0 aromatic heterocycles. The van der Waals surface area contributed by atoms with E-state index in [2.05, 4.69) is 13.0 Å². The van der Waals surface area contributed by atoms with Crippen LogP contribution in [0.2, 0.25) is 0 Å². The molecule has 0 aromatic rings. The van der Waals surface area contributed by atoms with Gasteiger partial charge in [-0.05, 0) is 12.8 Å². The summed E-state index contributed by atoms with van der Waals surface area (Å²) in [5.74, 6) is -0.208. The topological polar surface area (TPSA) is 26.3 Å². The molecule has 94 valence electrons. The van der Waals surface area contributed by atoms with Crippen LogP contribution in [0.15, 0.2) is 12.2 Å². The van der Waals surface area contributed by atoms with Gasteiger partial charge in [0.2, 0.25) is 0 Å². The normalized spacial score (nSPS) is 10.9. The number of allylic oxidation sites excluding steroid dienone is 1. The Kier molecular flexibility index (Phi) is 11.7. The second-order valence-electron chi connectivity index (χ2n) is 4.18. The van der Waals surface area contributed by atoms with E-state index in [4.69, 9.17) is 4.74 Å². The number of carbonyl (C=O) groups excluding carboxylic acids is 1. The Bertz CT molecular complexity index is 185. The van der Waals surface area contributed by atoms with Crippen LogP contribution in [0.4, 0.5) is 0 Å². The number of esters is 1. The lowest BCUT2D eigenvalue weighted by Gasteiger charge is -1.99. The summed E-state index contributed by atoms with van der Waals surface area (Å²) in [5, 5.41) is 0. The van der Waals surface area contributed by atoms with Crippen LogP contribution >= 0.6 is 0 Å². The molecule has 0 N–H and O–H groups in total. The smallest absolute Gasteiger partial charge is 0.302 e. The quantitative estimate of drug-likeness (QED) is 0.316. The van der Waals surface area contributed by atoms with E-state index in [0.717, 1.165) is 6.42 Å². The minimum Gasteiger partial charge on any atom is -0.462 e. The Balaban J connectivity index is 3.05. The first kappa shape index (κ1) is 15.2. The van der Waals surface area contributed by atoms with Crippen LogP contribution in [0, 0.1) is 0 Å². The summed E-state index contributed by atoms with van der Waals surface area (Å²) in [6.07, 6.45) is 14.5. The highest BCUT2D eigenvalue weighted by atomic mass is 16.5. The van der Waals surface area contributed by atoms with E-state index >= 15 is 0 Å². The van der Waals surface area contributed by atoms with Crippen LogP contribution in [0.3, 0.4) is 0 Å². The van der Waals surface area contributed by atoms with E-state index in [1.807, 2.05) is 6.08 Å². The lowest BCUT2D eigenvalue weighted by molar-refractivity contribution is -0.139. The second-order valence-corrected chi connectivity index (χ2v) is 4.18. The third-order valence-electron chi connectivity index (χ3n) is 2.52. The Morgan fingerprint density at radius 3 is 2.25 bits per heavy atom. The van der Waals surface area contributed by atoms with Crippen LogP contribution in [0.1, 0.15) is 65.2 Å². The zero-order chi connectivity index (χ0) is 12.1. The maximum atomic E-state index is 10.4. The largest absolute Gasteiger partial charge is 0.462 e. The van der Waals surface area contributed by atoms with E-state index < -0.39 is 0 Å². The molecule has 0 unspecified atom stereocenters. The van der Waals surface area contributed by atoms with Crippen molar-refractivity contribution in [2.45, 2.75) is 65.2 Å². The van der Waals surface area contributed by atoms with Gasteiger partial charge in [0.25, 0.3) is 0 Å². The van der Waals surface area contributed by atoms with E-state index in [1.54, 1.807) is 0 Å². The molecule has 0 spiro atoms. The summed E-state index contributed by atoms with van der Waals surface area (Å²) in [4.78, 5) is 10.4. The minimum atomic E-state index is -0.208. The summed E-state index contributed by atoms with van der Waals surface area (Å²) >= 11 is 0. The highest BCUT2D eigenvalue weighted by Gasteiger charge is 1.90. The third kappa shape index (κ3) is 13.2. The molecule has 0 amide bonds. The summed E-state index contributed by atoms with van der Waals surface area (Å²) in [6.45, 7) is 4.10. The van der Waals surface area contributed by atoms with Crippen molar-refractivity contribution in [3.8, 4) is 0 Å². The monoisotopic (exact) mass is 226 g/mol. The molecule has 2 nitrogen and oxygen atoms in total. The zero-order valence-corrected chi connectivity index (χ0v) is 10.8. The molecule has 16 heavy (non-hydrogen) atoms. The number of hydrogen-bond donors (Lipinski definition) is 0. The van der Waals surface area contributed by atoms with Gasteiger partial charge in [0.15, 0.2) is 0 Å². The Hall–Kier alpha value is -0.790. The van der Waals surface area contributed by atoms with Crippen molar-refractivity contribution in [2.75, 3.05) is 6.61 Å². The van der Waals surface area contributed by atoms with Gasteiger partial charge >= 0.3 is 5.97 Å². The first-order valence-electron chi connectivity index (χ1n) is 6.55. The van der Waals surface area contributed by atoms with Crippen molar-refractivity contribution >= 4 is 5.97 Å². The summed E-state index contributed by atoms with van der Waals surface area (Å²) in [5.41, 5.74) is 0. The molecule has 0 saturated carbocycles. The van der Waals surface area contributed by atoms with Gasteiger partial charge in [0.05, 0.1) is 0 Å². The first-order chi connectivity index (χ1) is 7.77. The van der Waals surface area contributed by atoms with Crippen LogP contribution in [-0.2, 0) is 9.53 Å². The molecular weight excluding hydrogens is 200 g/mol. The maximum absolute atomic E-state index is 10.4. The van der Waals surface area contributed by atoms with Crippen molar-refractivity contribution in [1.82, 2.24) is 0 Å². The van der Waals surface area contributed by atoms with Gasteiger partial charge in [-0.1, -0.05) is 57.6 Å². The summed E-state index contributed by atoms with van der Waals surface area (Å²) in [6, 6.07) is 0. The van der Waals surface area contributed by atoms with Gasteiger partial charge in [-0.25, -0.2) is 0 Å². The van der Waals surface area contributed by atoms with Crippen molar-refractivity contribution in [1.29, 1.82) is 0 Å². The molecule has 2 heteroatoms. The fraction of sp³-hybridized carbons (Fsp3) is 0.786. The standard InChI is InChI=1S/C14H26O2/c1-3-4-5-6-7-8-9-10-11-12-13-16-14(2)15/h11-12H,3-10,13H2,1-2H3. The Labute approximate surface area is 100 Å². The van der Waals surface area contributed by atoms with E-state index in [9.17, 15) is 4.79 Å². The fourth-order valence-electron chi connectivity index (χ4n) is 1.57. The molecular formula is C14H26O2. The van der Waals surface area contributed by atoms with Crippen LogP contribution in [-0.4, -0.2) is 12.6 Å². The lowest BCUT2D eigenvalue weighted by Crippen LogP contribution is -1.97. The summed E-state index contributed by atoms with van der Waals surface area (Å²) < 4.78 is 4.79. The van der Waals surface area contributed by atoms with Crippen molar-refractivity contribution in [3.63, 3.8) is 0 Å². The second kappa shape index (κ2) is 12.3. The van der Waals surface area contributed by atoms with E-state index in [-0.39, 0.29) is 5.97 Å². The van der Waals surface area contributed by atoms with Gasteiger partial charge in [0, 0.05) is 6.92 Å². The van der Waals surface area contributed by atoms with Gasteiger partial charge in [-0.2, -0.15) is 0 Å². The molecule has 0 aliphatic carbocycles. The molecule has 0 aliphatic rings. The molecule has 0 rings (SSSR count). The molecule has 0 fully saturated rings. The minimum absolute atomic E-state index is 0.208. The number of rotatable bonds is 10. The van der Waals surface area contributed by atoms with Gasteiger partial charge in [-0.15, -0.1) is 0 Å². The molecule has 0 aliphatic heterocycles. The van der Waals surface area contributed by atoms with Crippen molar-refractivity contribution < 1.29 is 9.53 Å². The first-order valence-corrected chi connectivity index (χ1v) is 6.55. The number of carbonyl (C=O) groups is 1. The Morgan fingerprint density at radius 2 is 1.62 bits per heavy atom. The van der Waals surface area contributed by atoms with Crippen LogP contribution in [0.25, 0.3) is 0 Å². The lowest BCUT2D eigenvalue weighted by atomic mass is 10.1. The van der Waals surface area contributed by atoms with Crippen molar-refractivity contribution in [3.05, 3.63) is 12.2 Å². The summed E-state index contributed by atoms with van der Waals surface area (Å²) in [7, 11) is 0. The zero-order valence-electron chi connectivity index (χ0n) is 10.8. The highest BCUT2D eigenvalue weighted by molar-refractivity contribution is 5.65. The van der Waals surface area contributed by atoms with Gasteiger partial charge in [0.1, 0.15) is 6.61 Å². The van der Waals surface area contributed by atoms with Crippen molar-refractivity contribution in [2.24, 2.45) is 0 Å². The predicted molar refractivity (Wildman–Crippen MR) is 68.4 cm³/mol. The van der Waals surface area contributed by atoms with Crippen LogP contribution < -0.4 is 0 Å². The SMILES string of the molecule is CCCCCCCCCC=CCOC(C)=O. The molecule has 0 saturated heterocycles. The van der Waals surface area contributed by atoms with E-state index in [0.29, 0.717) is 6.61 Å². The molecule has 0 aromatic carbocycles. The van der Waals surface area contributed by atoms with E-state index in [1.165, 1.54) is 51.9 Å². The predicted octanol–water partition coefficient (Wildman–Crippen LogP) is 4.25. The molecule has 0 heterocycles. The van der Waals surface area contributed by atoms with Crippen LogP contribution in [0.5, 0.6) is 0 Å². The Morgan fingerprint density at radius 1 is 1.00 bits per heavy atom. The average Bonchev–Trinajstić information content (AvgIpc) is 2.25. The highest BCUT2D eigenvalue weighted by Crippen LogP contribution is 2.08. The number of hydrogen-bond acceptors (Lipinski definition) is 2. The average molecular weight is 226 g/mol. The number of ether oxygens (including phenoxy) is 1. The fourth-order valence-corrected chi connectivity index (χ4v) is 1.57. The van der Waals surface area contributed by atoms with Gasteiger partial charge < -0.3 is 4.74 Å². The number of unbranched alkanes of at least 4 members (excludes halogenated alkanes) is 7. The molecule has 0 atom stereocenters. The molecule has 0 bridgehead atoms. The van der Waals surface area contributed by atoms with Gasteiger partial charge in [-0.3, -0.25) is 4.79 Å². The third-order valence-corrected chi connectivity index (χ3v) is 2.52. The molecule has 0 radical (unpaired) electrons. The maximum Gasteiger partial charge on any atom is 0.302 e.